The summed E-state index contributed by atoms with van der Waals surface area (Å²) in [7, 11) is 0. The Morgan fingerprint density at radius 2 is 1.24 bits per heavy atom. The summed E-state index contributed by atoms with van der Waals surface area (Å²) in [5.74, 6) is 4.20. The van der Waals surface area contributed by atoms with E-state index >= 15 is 0 Å². The first-order chi connectivity index (χ1) is 18.2. The zero-order valence-corrected chi connectivity index (χ0v) is 24.2. The fraction of sp³-hybridized carbons (Fsp3) is 0.794. The van der Waals surface area contributed by atoms with Crippen molar-refractivity contribution in [3.05, 3.63) is 24.3 Å². The van der Waals surface area contributed by atoms with Crippen molar-refractivity contribution in [2.45, 2.75) is 142 Å². The summed E-state index contributed by atoms with van der Waals surface area (Å²) in [6.45, 7) is 5.35. The maximum Gasteiger partial charge on any atom is 0.314 e. The SMILES string of the molecule is CCCCCCCC1CCC(C(=O)Oc2ccc(OCCCC3CCCCC3CCCCC)cc2)CC1. The maximum atomic E-state index is 12.7. The molecule has 3 rings (SSSR count). The molecule has 3 heteroatoms. The van der Waals surface area contributed by atoms with Gasteiger partial charge in [0.1, 0.15) is 11.5 Å². The quantitative estimate of drug-likeness (QED) is 0.118. The Morgan fingerprint density at radius 1 is 0.676 bits per heavy atom. The molecule has 0 saturated heterocycles. The van der Waals surface area contributed by atoms with Crippen molar-refractivity contribution in [2.75, 3.05) is 6.61 Å². The first kappa shape index (κ1) is 30.0. The zero-order chi connectivity index (χ0) is 26.1. The van der Waals surface area contributed by atoms with Crippen molar-refractivity contribution in [3.8, 4) is 11.5 Å². The van der Waals surface area contributed by atoms with Gasteiger partial charge in [0.05, 0.1) is 12.5 Å². The molecule has 2 aliphatic carbocycles. The summed E-state index contributed by atoms with van der Waals surface area (Å²) in [6.07, 6.45) is 26.1. The Balaban J connectivity index is 1.29. The van der Waals surface area contributed by atoms with Gasteiger partial charge in [0.2, 0.25) is 0 Å². The molecule has 0 spiro atoms. The molecule has 2 aliphatic rings. The average molecular weight is 513 g/mol. The molecule has 0 N–H and O–H groups in total. The van der Waals surface area contributed by atoms with Gasteiger partial charge in [-0.2, -0.15) is 0 Å². The van der Waals surface area contributed by atoms with E-state index < -0.39 is 0 Å². The van der Waals surface area contributed by atoms with Crippen molar-refractivity contribution in [2.24, 2.45) is 23.7 Å². The summed E-state index contributed by atoms with van der Waals surface area (Å²) in [6, 6.07) is 7.68. The minimum absolute atomic E-state index is 0.0453. The number of unbranched alkanes of at least 4 members (excludes halogenated alkanes) is 6. The van der Waals surface area contributed by atoms with Gasteiger partial charge in [-0.15, -0.1) is 0 Å². The summed E-state index contributed by atoms with van der Waals surface area (Å²) < 4.78 is 11.8. The van der Waals surface area contributed by atoms with Gasteiger partial charge >= 0.3 is 5.97 Å². The topological polar surface area (TPSA) is 35.5 Å². The average Bonchev–Trinajstić information content (AvgIpc) is 2.93. The number of ether oxygens (including phenoxy) is 2. The van der Waals surface area contributed by atoms with E-state index in [1.54, 1.807) is 0 Å². The van der Waals surface area contributed by atoms with E-state index in [9.17, 15) is 4.79 Å². The van der Waals surface area contributed by atoms with Crippen LogP contribution in [0.3, 0.4) is 0 Å². The van der Waals surface area contributed by atoms with Gasteiger partial charge in [-0.3, -0.25) is 4.79 Å². The number of esters is 1. The first-order valence-electron chi connectivity index (χ1n) is 16.1. The predicted molar refractivity (Wildman–Crippen MR) is 155 cm³/mol. The Labute approximate surface area is 228 Å². The molecule has 0 heterocycles. The molecule has 210 valence electrons. The molecular weight excluding hydrogens is 456 g/mol. The van der Waals surface area contributed by atoms with E-state index in [2.05, 4.69) is 13.8 Å². The van der Waals surface area contributed by atoms with Gasteiger partial charge in [0.25, 0.3) is 0 Å². The van der Waals surface area contributed by atoms with Crippen LogP contribution in [0.5, 0.6) is 11.5 Å². The minimum Gasteiger partial charge on any atom is -0.494 e. The summed E-state index contributed by atoms with van der Waals surface area (Å²) in [5, 5.41) is 0. The lowest BCUT2D eigenvalue weighted by Crippen LogP contribution is -2.25. The Hall–Kier alpha value is -1.51. The predicted octanol–water partition coefficient (Wildman–Crippen LogP) is 10.3. The van der Waals surface area contributed by atoms with Crippen LogP contribution in [0.4, 0.5) is 0 Å². The molecule has 0 amide bonds. The van der Waals surface area contributed by atoms with Crippen LogP contribution in [-0.4, -0.2) is 12.6 Å². The third-order valence-electron chi connectivity index (χ3n) is 9.17. The van der Waals surface area contributed by atoms with E-state index in [1.165, 1.54) is 109 Å². The highest BCUT2D eigenvalue weighted by atomic mass is 16.5. The Kier molecular flexibility index (Phi) is 14.5. The van der Waals surface area contributed by atoms with Crippen molar-refractivity contribution >= 4 is 5.97 Å². The fourth-order valence-corrected chi connectivity index (χ4v) is 6.76. The molecule has 0 aliphatic heterocycles. The number of hydrogen-bond acceptors (Lipinski definition) is 3. The minimum atomic E-state index is -0.0453. The first-order valence-corrected chi connectivity index (χ1v) is 16.1. The molecule has 1 aromatic carbocycles. The molecule has 3 nitrogen and oxygen atoms in total. The van der Waals surface area contributed by atoms with Gasteiger partial charge in [-0.05, 0) is 80.5 Å². The fourth-order valence-electron chi connectivity index (χ4n) is 6.76. The number of rotatable bonds is 17. The highest BCUT2D eigenvalue weighted by Crippen LogP contribution is 2.37. The van der Waals surface area contributed by atoms with Gasteiger partial charge in [-0.1, -0.05) is 104 Å². The molecule has 37 heavy (non-hydrogen) atoms. The molecule has 1 aromatic rings. The molecule has 0 bridgehead atoms. The van der Waals surface area contributed by atoms with Crippen LogP contribution in [0.1, 0.15) is 142 Å². The summed E-state index contributed by atoms with van der Waals surface area (Å²) in [4.78, 5) is 12.7. The van der Waals surface area contributed by atoms with Crippen LogP contribution >= 0.6 is 0 Å². The number of carbonyl (C=O) groups excluding carboxylic acids is 1. The van der Waals surface area contributed by atoms with Gasteiger partial charge < -0.3 is 9.47 Å². The maximum absolute atomic E-state index is 12.7. The Bertz CT molecular complexity index is 719. The third kappa shape index (κ3) is 11.4. The lowest BCUT2D eigenvalue weighted by atomic mass is 9.74. The molecule has 2 unspecified atom stereocenters. The molecule has 2 fully saturated rings. The van der Waals surface area contributed by atoms with Crippen LogP contribution in [0.25, 0.3) is 0 Å². The van der Waals surface area contributed by atoms with Crippen molar-refractivity contribution in [1.29, 1.82) is 0 Å². The second-order valence-corrected chi connectivity index (χ2v) is 12.1. The molecule has 2 atom stereocenters. The molecule has 2 saturated carbocycles. The third-order valence-corrected chi connectivity index (χ3v) is 9.17. The van der Waals surface area contributed by atoms with Crippen LogP contribution < -0.4 is 9.47 Å². The molecule has 0 radical (unpaired) electrons. The zero-order valence-electron chi connectivity index (χ0n) is 24.2. The number of benzene rings is 1. The van der Waals surface area contributed by atoms with E-state index in [1.807, 2.05) is 24.3 Å². The number of hydrogen-bond donors (Lipinski definition) is 0. The van der Waals surface area contributed by atoms with Gasteiger partial charge in [0.15, 0.2) is 0 Å². The largest absolute Gasteiger partial charge is 0.494 e. The van der Waals surface area contributed by atoms with E-state index in [-0.39, 0.29) is 11.9 Å². The van der Waals surface area contributed by atoms with E-state index in [0.29, 0.717) is 5.75 Å². The van der Waals surface area contributed by atoms with Crippen LogP contribution in [0.2, 0.25) is 0 Å². The standard InChI is InChI=1S/C34H56O3/c1-3-5-7-8-10-14-28-19-21-31(22-20-28)34(35)37-33-25-23-32(24-26-33)36-27-13-18-30-17-12-11-16-29(30)15-9-6-4-2/h23-26,28-31H,3-22,27H2,1-2H3. The van der Waals surface area contributed by atoms with E-state index in [0.717, 1.165) is 49.4 Å². The van der Waals surface area contributed by atoms with Crippen LogP contribution in [0.15, 0.2) is 24.3 Å². The van der Waals surface area contributed by atoms with Crippen LogP contribution in [-0.2, 0) is 4.79 Å². The highest BCUT2D eigenvalue weighted by Gasteiger charge is 2.27. The normalized spacial score (nSPS) is 24.1. The smallest absolute Gasteiger partial charge is 0.314 e. The highest BCUT2D eigenvalue weighted by molar-refractivity contribution is 5.75. The van der Waals surface area contributed by atoms with Gasteiger partial charge in [0, 0.05) is 0 Å². The van der Waals surface area contributed by atoms with Crippen molar-refractivity contribution in [3.63, 3.8) is 0 Å². The lowest BCUT2D eigenvalue weighted by molar-refractivity contribution is -0.140. The lowest BCUT2D eigenvalue weighted by Gasteiger charge is -2.31. The van der Waals surface area contributed by atoms with Crippen LogP contribution in [0, 0.1) is 23.7 Å². The summed E-state index contributed by atoms with van der Waals surface area (Å²) >= 11 is 0. The van der Waals surface area contributed by atoms with Crippen molar-refractivity contribution in [1.82, 2.24) is 0 Å². The molecular formula is C34H56O3. The Morgan fingerprint density at radius 3 is 1.92 bits per heavy atom. The van der Waals surface area contributed by atoms with Gasteiger partial charge in [-0.25, -0.2) is 0 Å². The number of carbonyl (C=O) groups is 1. The second kappa shape index (κ2) is 17.9. The van der Waals surface area contributed by atoms with E-state index in [4.69, 9.17) is 9.47 Å². The monoisotopic (exact) mass is 512 g/mol. The molecule has 0 aromatic heterocycles. The summed E-state index contributed by atoms with van der Waals surface area (Å²) in [5.41, 5.74) is 0. The second-order valence-electron chi connectivity index (χ2n) is 12.1. The van der Waals surface area contributed by atoms with Crippen molar-refractivity contribution < 1.29 is 14.3 Å².